The van der Waals surface area contributed by atoms with E-state index in [9.17, 15) is 0 Å². The van der Waals surface area contributed by atoms with Gasteiger partial charge < -0.3 is 11.1 Å². The summed E-state index contributed by atoms with van der Waals surface area (Å²) in [5.74, 6) is 0.888. The minimum Gasteiger partial charge on any atom is -0.370 e. The first kappa shape index (κ1) is 12.0. The van der Waals surface area contributed by atoms with Gasteiger partial charge in [-0.2, -0.15) is 0 Å². The quantitative estimate of drug-likeness (QED) is 0.486. The molecule has 86 valence electrons. The van der Waals surface area contributed by atoms with E-state index in [1.807, 2.05) is 31.2 Å². The van der Waals surface area contributed by atoms with Crippen molar-refractivity contribution >= 4 is 17.6 Å². The predicted molar refractivity (Wildman–Crippen MR) is 68.8 cm³/mol. The van der Waals surface area contributed by atoms with Crippen molar-refractivity contribution in [1.29, 1.82) is 0 Å². The Kier molecular flexibility index (Phi) is 4.32. The van der Waals surface area contributed by atoms with Crippen LogP contribution in [0.5, 0.6) is 0 Å². The van der Waals surface area contributed by atoms with Gasteiger partial charge in [0.15, 0.2) is 5.96 Å². The molecule has 0 fully saturated rings. The van der Waals surface area contributed by atoms with E-state index in [4.69, 9.17) is 5.73 Å². The van der Waals surface area contributed by atoms with E-state index in [-0.39, 0.29) is 0 Å². The van der Waals surface area contributed by atoms with Gasteiger partial charge >= 0.3 is 0 Å². The fourth-order valence-electron chi connectivity index (χ4n) is 1.16. The number of hydrogen-bond donors (Lipinski definition) is 3. The number of aryl methyl sites for hydroxylation is 1. The van der Waals surface area contributed by atoms with Crippen LogP contribution in [0.25, 0.3) is 0 Å². The minimum atomic E-state index is 0.321. The third-order valence-corrected chi connectivity index (χ3v) is 2.11. The van der Waals surface area contributed by atoms with Crippen LogP contribution in [0, 0.1) is 6.92 Å². The van der Waals surface area contributed by atoms with Gasteiger partial charge in [0, 0.05) is 19.8 Å². The van der Waals surface area contributed by atoms with Crippen LogP contribution < -0.4 is 16.4 Å². The second-order valence-electron chi connectivity index (χ2n) is 3.25. The summed E-state index contributed by atoms with van der Waals surface area (Å²) < 4.78 is 0. The van der Waals surface area contributed by atoms with Crippen LogP contribution in [0.2, 0.25) is 0 Å². The summed E-state index contributed by atoms with van der Waals surface area (Å²) in [7, 11) is 3.29. The Bertz CT molecular complexity index is 409. The monoisotopic (exact) mass is 219 g/mol. The smallest absolute Gasteiger partial charge is 0.202 e. The predicted octanol–water partition coefficient (Wildman–Crippen LogP) is 0.927. The number of nitrogens with two attached hydrogens (primary N) is 1. The first-order valence-corrected chi connectivity index (χ1v) is 4.96. The van der Waals surface area contributed by atoms with E-state index >= 15 is 0 Å². The van der Waals surface area contributed by atoms with Gasteiger partial charge in [0.2, 0.25) is 5.96 Å². The third kappa shape index (κ3) is 3.27. The van der Waals surface area contributed by atoms with Gasteiger partial charge in [-0.1, -0.05) is 18.2 Å². The minimum absolute atomic E-state index is 0.321. The average molecular weight is 219 g/mol. The molecule has 5 nitrogen and oxygen atoms in total. The van der Waals surface area contributed by atoms with Crippen molar-refractivity contribution < 1.29 is 0 Å². The highest BCUT2D eigenvalue weighted by Crippen LogP contribution is 2.12. The molecule has 0 bridgehead atoms. The van der Waals surface area contributed by atoms with Crippen molar-refractivity contribution in [1.82, 2.24) is 5.32 Å². The largest absolute Gasteiger partial charge is 0.370 e. The van der Waals surface area contributed by atoms with Crippen molar-refractivity contribution in [2.45, 2.75) is 6.92 Å². The first-order chi connectivity index (χ1) is 7.67. The highest BCUT2D eigenvalue weighted by molar-refractivity contribution is 6.04. The molecule has 1 aromatic carbocycles. The molecule has 0 aliphatic heterocycles. The van der Waals surface area contributed by atoms with Crippen LogP contribution in [-0.2, 0) is 0 Å². The van der Waals surface area contributed by atoms with Gasteiger partial charge in [0.25, 0.3) is 0 Å². The van der Waals surface area contributed by atoms with Crippen LogP contribution in [0.15, 0.2) is 34.3 Å². The molecular formula is C11H17N5. The van der Waals surface area contributed by atoms with Crippen LogP contribution in [0.3, 0.4) is 0 Å². The van der Waals surface area contributed by atoms with Gasteiger partial charge in [-0.05, 0) is 18.6 Å². The Labute approximate surface area is 95.5 Å². The maximum absolute atomic E-state index is 5.56. The fourth-order valence-corrected chi connectivity index (χ4v) is 1.16. The summed E-state index contributed by atoms with van der Waals surface area (Å²) >= 11 is 0. The zero-order valence-corrected chi connectivity index (χ0v) is 9.78. The average Bonchev–Trinajstić information content (AvgIpc) is 2.30. The molecule has 0 heterocycles. The third-order valence-electron chi connectivity index (χ3n) is 2.11. The van der Waals surface area contributed by atoms with E-state index in [1.165, 1.54) is 0 Å². The van der Waals surface area contributed by atoms with E-state index < -0.39 is 0 Å². The Morgan fingerprint density at radius 1 is 1.19 bits per heavy atom. The Balaban J connectivity index is 2.76. The van der Waals surface area contributed by atoms with Crippen molar-refractivity contribution in [3.63, 3.8) is 0 Å². The number of rotatable bonds is 1. The Morgan fingerprint density at radius 3 is 2.44 bits per heavy atom. The molecular weight excluding hydrogens is 202 g/mol. The molecule has 0 amide bonds. The zero-order valence-electron chi connectivity index (χ0n) is 9.78. The lowest BCUT2D eigenvalue weighted by molar-refractivity contribution is 1.21. The lowest BCUT2D eigenvalue weighted by Crippen LogP contribution is -2.40. The van der Waals surface area contributed by atoms with Crippen molar-refractivity contribution in [3.8, 4) is 0 Å². The molecule has 0 aliphatic carbocycles. The van der Waals surface area contributed by atoms with Gasteiger partial charge in [-0.15, -0.1) is 0 Å². The number of guanidine groups is 2. The molecule has 0 spiro atoms. The molecule has 0 atom stereocenters. The van der Waals surface area contributed by atoms with Crippen LogP contribution in [0.4, 0.5) is 5.69 Å². The molecule has 1 rings (SSSR count). The standard InChI is InChI=1S/C11H17N5/c1-8-6-4-5-7-9(8)15-11(14-3)16-10(12)13-2/h4-7H,1-3H3,(H4,12,13,14,15,16). The maximum Gasteiger partial charge on any atom is 0.202 e. The summed E-state index contributed by atoms with van der Waals surface area (Å²) in [6, 6.07) is 7.94. The number of nitrogens with zero attached hydrogens (tertiary/aromatic N) is 2. The molecule has 0 aliphatic rings. The van der Waals surface area contributed by atoms with Gasteiger partial charge in [-0.25, -0.2) is 0 Å². The topological polar surface area (TPSA) is 74.8 Å². The summed E-state index contributed by atoms with van der Waals surface area (Å²) in [4.78, 5) is 7.85. The normalized spacial score (nSPS) is 12.4. The van der Waals surface area contributed by atoms with Gasteiger partial charge in [0.1, 0.15) is 0 Å². The SMILES string of the molecule is CN=C(N)NC(=NC)Nc1ccccc1C. The van der Waals surface area contributed by atoms with Crippen LogP contribution in [0.1, 0.15) is 5.56 Å². The molecule has 0 saturated heterocycles. The number of nitrogens with one attached hydrogen (secondary N) is 2. The summed E-state index contributed by atoms with van der Waals surface area (Å²) in [5, 5.41) is 6.00. The number of aliphatic imine (C=N–C) groups is 2. The highest BCUT2D eigenvalue weighted by atomic mass is 15.2. The number of hydrogen-bond acceptors (Lipinski definition) is 2. The fraction of sp³-hybridized carbons (Fsp3) is 0.273. The maximum atomic E-state index is 5.56. The van der Waals surface area contributed by atoms with Crippen molar-refractivity contribution in [3.05, 3.63) is 29.8 Å². The molecule has 5 heteroatoms. The lowest BCUT2D eigenvalue weighted by Gasteiger charge is -2.12. The van der Waals surface area contributed by atoms with Crippen molar-refractivity contribution in [2.75, 3.05) is 19.4 Å². The number of benzene rings is 1. The Morgan fingerprint density at radius 2 is 1.88 bits per heavy atom. The summed E-state index contributed by atoms with van der Waals surface area (Å²) in [5.41, 5.74) is 7.68. The van der Waals surface area contributed by atoms with Gasteiger partial charge in [0.05, 0.1) is 0 Å². The second kappa shape index (κ2) is 5.75. The lowest BCUT2D eigenvalue weighted by atomic mass is 10.2. The van der Waals surface area contributed by atoms with E-state index in [2.05, 4.69) is 20.6 Å². The number of anilines is 1. The van der Waals surface area contributed by atoms with E-state index in [0.29, 0.717) is 11.9 Å². The van der Waals surface area contributed by atoms with Crippen LogP contribution in [-0.4, -0.2) is 26.0 Å². The number of para-hydroxylation sites is 1. The Hall–Kier alpha value is -2.04. The van der Waals surface area contributed by atoms with E-state index in [1.54, 1.807) is 14.1 Å². The molecule has 16 heavy (non-hydrogen) atoms. The second-order valence-corrected chi connectivity index (χ2v) is 3.25. The van der Waals surface area contributed by atoms with Crippen LogP contribution >= 0.6 is 0 Å². The summed E-state index contributed by atoms with van der Waals surface area (Å²) in [6.45, 7) is 2.02. The van der Waals surface area contributed by atoms with Crippen molar-refractivity contribution in [2.24, 2.45) is 15.7 Å². The summed E-state index contributed by atoms with van der Waals surface area (Å²) in [6.07, 6.45) is 0. The highest BCUT2D eigenvalue weighted by Gasteiger charge is 2.01. The molecule has 1 aromatic rings. The molecule has 0 aromatic heterocycles. The molecule has 0 unspecified atom stereocenters. The zero-order chi connectivity index (χ0) is 12.0. The molecule has 4 N–H and O–H groups in total. The molecule has 0 radical (unpaired) electrons. The van der Waals surface area contributed by atoms with Gasteiger partial charge in [-0.3, -0.25) is 15.3 Å². The molecule has 0 saturated carbocycles. The first-order valence-electron chi connectivity index (χ1n) is 4.96. The van der Waals surface area contributed by atoms with E-state index in [0.717, 1.165) is 11.3 Å².